The van der Waals surface area contributed by atoms with Gasteiger partial charge in [0.2, 0.25) is 0 Å². The minimum atomic E-state index is -0.104. The van der Waals surface area contributed by atoms with Gasteiger partial charge in [-0.2, -0.15) is 0 Å². The Bertz CT molecular complexity index is 550. The van der Waals surface area contributed by atoms with Gasteiger partial charge in [-0.15, -0.1) is 24.0 Å². The summed E-state index contributed by atoms with van der Waals surface area (Å²) in [7, 11) is 2.04. The van der Waals surface area contributed by atoms with Crippen LogP contribution in [-0.2, 0) is 6.54 Å². The molecule has 1 aliphatic heterocycles. The molecule has 2 N–H and O–H groups in total. The van der Waals surface area contributed by atoms with E-state index in [1.54, 1.807) is 0 Å². The fraction of sp³-hybridized carbons (Fsp3) is 0.632. The minimum absolute atomic E-state index is 0. The zero-order valence-electron chi connectivity index (χ0n) is 15.8. The second kappa shape index (κ2) is 12.8. The molecule has 0 bridgehead atoms. The molecule has 5 nitrogen and oxygen atoms in total. The first-order valence-corrected chi connectivity index (χ1v) is 9.61. The van der Waals surface area contributed by atoms with Crippen molar-refractivity contribution in [3.8, 4) is 0 Å². The Morgan fingerprint density at radius 1 is 1.35 bits per heavy atom. The van der Waals surface area contributed by atoms with E-state index in [4.69, 9.17) is 16.6 Å². The van der Waals surface area contributed by atoms with E-state index in [1.807, 2.05) is 31.3 Å². The van der Waals surface area contributed by atoms with Crippen LogP contribution in [0.3, 0.4) is 0 Å². The van der Waals surface area contributed by atoms with E-state index in [2.05, 4.69) is 22.0 Å². The monoisotopic (exact) mass is 494 g/mol. The van der Waals surface area contributed by atoms with E-state index in [0.717, 1.165) is 75.1 Å². The van der Waals surface area contributed by atoms with Gasteiger partial charge in [0.15, 0.2) is 5.96 Å². The van der Waals surface area contributed by atoms with Gasteiger partial charge in [-0.1, -0.05) is 29.8 Å². The van der Waals surface area contributed by atoms with Crippen LogP contribution in [0.25, 0.3) is 0 Å². The quantitative estimate of drug-likeness (QED) is 0.265. The molecule has 0 aliphatic carbocycles. The Hall–Kier alpha value is -0.570. The van der Waals surface area contributed by atoms with Crippen LogP contribution in [0.1, 0.15) is 31.7 Å². The average molecular weight is 495 g/mol. The lowest BCUT2D eigenvalue weighted by atomic mass is 10.1. The standard InChI is InChI=1S/C19H31ClN4O.HI/c1-3-21-19(23(2)15-16-7-4-5-8-18(16)20)22-11-6-12-24-13-9-17(25)10-14-24;/h4-5,7-8,17,25H,3,6,9-15H2,1-2H3,(H,21,22);1H. The molecule has 2 rings (SSSR count). The summed E-state index contributed by atoms with van der Waals surface area (Å²) in [6.07, 6.45) is 2.72. The number of rotatable bonds is 7. The van der Waals surface area contributed by atoms with Crippen LogP contribution in [0, 0.1) is 0 Å². The van der Waals surface area contributed by atoms with Gasteiger partial charge >= 0.3 is 0 Å². The first kappa shape index (κ1) is 23.5. The predicted molar refractivity (Wildman–Crippen MR) is 121 cm³/mol. The summed E-state index contributed by atoms with van der Waals surface area (Å²) in [6.45, 7) is 7.50. The summed E-state index contributed by atoms with van der Waals surface area (Å²) in [6, 6.07) is 7.93. The minimum Gasteiger partial charge on any atom is -0.393 e. The zero-order valence-corrected chi connectivity index (χ0v) is 18.9. The molecule has 148 valence electrons. The van der Waals surface area contributed by atoms with Crippen molar-refractivity contribution in [3.05, 3.63) is 34.9 Å². The molecule has 0 aromatic heterocycles. The summed E-state index contributed by atoms with van der Waals surface area (Å²) >= 11 is 6.26. The SMILES string of the molecule is CCNC(=NCCCN1CCC(O)CC1)N(C)Cc1ccccc1Cl.I. The maximum Gasteiger partial charge on any atom is 0.193 e. The number of likely N-dealkylation sites (tertiary alicyclic amines) is 1. The first-order valence-electron chi connectivity index (χ1n) is 9.23. The summed E-state index contributed by atoms with van der Waals surface area (Å²) < 4.78 is 0. The highest BCUT2D eigenvalue weighted by Crippen LogP contribution is 2.16. The van der Waals surface area contributed by atoms with Crippen LogP contribution in [-0.4, -0.2) is 66.7 Å². The molecule has 26 heavy (non-hydrogen) atoms. The molecular formula is C19H32ClIN4O. The molecule has 0 spiro atoms. The van der Waals surface area contributed by atoms with Crippen molar-refractivity contribution in [2.75, 3.05) is 39.8 Å². The topological polar surface area (TPSA) is 51.1 Å². The Morgan fingerprint density at radius 3 is 2.69 bits per heavy atom. The molecule has 0 saturated carbocycles. The highest BCUT2D eigenvalue weighted by atomic mass is 127. The normalized spacial score (nSPS) is 16.2. The fourth-order valence-corrected chi connectivity index (χ4v) is 3.24. The molecule has 7 heteroatoms. The smallest absolute Gasteiger partial charge is 0.193 e. The lowest BCUT2D eigenvalue weighted by Crippen LogP contribution is -2.39. The van der Waals surface area contributed by atoms with Crippen LogP contribution < -0.4 is 5.32 Å². The molecular weight excluding hydrogens is 463 g/mol. The number of hydrogen-bond donors (Lipinski definition) is 2. The average Bonchev–Trinajstić information content (AvgIpc) is 2.61. The second-order valence-electron chi connectivity index (χ2n) is 6.61. The lowest BCUT2D eigenvalue weighted by molar-refractivity contribution is 0.0824. The van der Waals surface area contributed by atoms with Gasteiger partial charge in [0.05, 0.1) is 6.10 Å². The number of aliphatic hydroxyl groups is 1. The molecule has 1 aliphatic rings. The Balaban J connectivity index is 0.00000338. The van der Waals surface area contributed by atoms with E-state index in [9.17, 15) is 5.11 Å². The van der Waals surface area contributed by atoms with E-state index in [1.165, 1.54) is 0 Å². The maximum atomic E-state index is 9.56. The summed E-state index contributed by atoms with van der Waals surface area (Å²) in [5, 5.41) is 13.7. The Labute approximate surface area is 179 Å². The van der Waals surface area contributed by atoms with Crippen LogP contribution in [0.4, 0.5) is 0 Å². The van der Waals surface area contributed by atoms with Crippen molar-refractivity contribution in [1.82, 2.24) is 15.1 Å². The van der Waals surface area contributed by atoms with E-state index < -0.39 is 0 Å². The third-order valence-corrected chi connectivity index (χ3v) is 4.88. The number of benzene rings is 1. The van der Waals surface area contributed by atoms with Gasteiger partial charge in [-0.3, -0.25) is 4.99 Å². The summed E-state index contributed by atoms with van der Waals surface area (Å²) in [5.74, 6) is 0.913. The molecule has 1 aromatic carbocycles. The Morgan fingerprint density at radius 2 is 2.04 bits per heavy atom. The third-order valence-electron chi connectivity index (χ3n) is 4.51. The molecule has 1 saturated heterocycles. The molecule has 0 amide bonds. The maximum absolute atomic E-state index is 9.56. The highest BCUT2D eigenvalue weighted by molar-refractivity contribution is 14.0. The number of aliphatic imine (C=N–C) groups is 1. The van der Waals surface area contributed by atoms with E-state index in [-0.39, 0.29) is 30.1 Å². The van der Waals surface area contributed by atoms with Gasteiger partial charge in [-0.05, 0) is 44.4 Å². The number of piperidine rings is 1. The Kier molecular flexibility index (Phi) is 11.5. The van der Waals surface area contributed by atoms with Gasteiger partial charge < -0.3 is 20.2 Å². The molecule has 0 unspecified atom stereocenters. The van der Waals surface area contributed by atoms with Gasteiger partial charge in [0, 0.05) is 44.8 Å². The molecule has 1 aromatic rings. The molecule has 1 fully saturated rings. The van der Waals surface area contributed by atoms with E-state index >= 15 is 0 Å². The summed E-state index contributed by atoms with van der Waals surface area (Å²) in [4.78, 5) is 9.28. The number of hydrogen-bond acceptors (Lipinski definition) is 3. The number of aliphatic hydroxyl groups excluding tert-OH is 1. The summed E-state index contributed by atoms with van der Waals surface area (Å²) in [5.41, 5.74) is 1.10. The zero-order chi connectivity index (χ0) is 18.1. The molecule has 0 atom stereocenters. The number of guanidine groups is 1. The third kappa shape index (κ3) is 7.98. The highest BCUT2D eigenvalue weighted by Gasteiger charge is 2.16. The molecule has 0 radical (unpaired) electrons. The largest absolute Gasteiger partial charge is 0.393 e. The van der Waals surface area contributed by atoms with Crippen LogP contribution in [0.15, 0.2) is 29.3 Å². The van der Waals surface area contributed by atoms with Crippen molar-refractivity contribution < 1.29 is 5.11 Å². The first-order chi connectivity index (χ1) is 12.1. The van der Waals surface area contributed by atoms with Crippen molar-refractivity contribution in [2.45, 2.75) is 38.8 Å². The van der Waals surface area contributed by atoms with Crippen molar-refractivity contribution in [1.29, 1.82) is 0 Å². The predicted octanol–water partition coefficient (Wildman–Crippen LogP) is 3.20. The number of nitrogens with one attached hydrogen (secondary N) is 1. The van der Waals surface area contributed by atoms with Crippen LogP contribution >= 0.6 is 35.6 Å². The van der Waals surface area contributed by atoms with Crippen molar-refractivity contribution in [3.63, 3.8) is 0 Å². The van der Waals surface area contributed by atoms with Crippen molar-refractivity contribution in [2.24, 2.45) is 4.99 Å². The second-order valence-corrected chi connectivity index (χ2v) is 7.02. The fourth-order valence-electron chi connectivity index (χ4n) is 3.05. The lowest BCUT2D eigenvalue weighted by Gasteiger charge is -2.29. The van der Waals surface area contributed by atoms with Gasteiger partial charge in [0.1, 0.15) is 0 Å². The van der Waals surface area contributed by atoms with Crippen LogP contribution in [0.2, 0.25) is 5.02 Å². The van der Waals surface area contributed by atoms with Crippen LogP contribution in [0.5, 0.6) is 0 Å². The van der Waals surface area contributed by atoms with E-state index in [0.29, 0.717) is 0 Å². The number of nitrogens with zero attached hydrogens (tertiary/aromatic N) is 3. The van der Waals surface area contributed by atoms with Gasteiger partial charge in [0.25, 0.3) is 0 Å². The van der Waals surface area contributed by atoms with Crippen molar-refractivity contribution >= 4 is 41.5 Å². The number of halogens is 2. The van der Waals surface area contributed by atoms with Gasteiger partial charge in [-0.25, -0.2) is 0 Å². The molecule has 1 heterocycles.